The molecule has 0 fully saturated rings. The Bertz CT molecular complexity index is 20.9. The summed E-state index contributed by atoms with van der Waals surface area (Å²) in [4.78, 5) is 0. The van der Waals surface area contributed by atoms with Crippen molar-refractivity contribution in [2.24, 2.45) is 0 Å². The van der Waals surface area contributed by atoms with E-state index in [1.807, 2.05) is 5.82 Å². The van der Waals surface area contributed by atoms with Crippen LogP contribution in [-0.2, 0) is 0 Å². The first-order valence-electron chi connectivity index (χ1n) is 1.20. The molecule has 0 bridgehead atoms. The molecule has 0 aliphatic rings. The Kier molecular flexibility index (Phi) is 3.30. The van der Waals surface area contributed by atoms with Crippen LogP contribution in [0.1, 0.15) is 1.43 Å². The van der Waals surface area contributed by atoms with E-state index in [0.717, 1.165) is 8.58 Å². The van der Waals surface area contributed by atoms with Gasteiger partial charge in [0.05, 0.1) is 0 Å². The second-order valence-corrected chi connectivity index (χ2v) is 1.48. The van der Waals surface area contributed by atoms with E-state index in [-0.39, 0.29) is 1.43 Å². The number of hydrogen-bond acceptors (Lipinski definition) is 0. The lowest BCUT2D eigenvalue weighted by atomic mass is 11.3. The highest BCUT2D eigenvalue weighted by Gasteiger charge is 1.43. The van der Waals surface area contributed by atoms with E-state index in [1.54, 1.807) is 0 Å². The molecule has 0 radical (unpaired) electrons. The summed E-state index contributed by atoms with van der Waals surface area (Å²) in [6.07, 6.45) is 0. The van der Waals surface area contributed by atoms with E-state index in [9.17, 15) is 0 Å². The normalized spacial score (nSPS) is 9.25. The van der Waals surface area contributed by atoms with E-state index >= 15 is 0 Å². The zero-order chi connectivity index (χ0) is 3.41. The summed E-state index contributed by atoms with van der Waals surface area (Å²) in [7, 11) is 0.904. The quantitative estimate of drug-likeness (QED) is 0.417. The molecule has 0 nitrogen and oxygen atoms in total. The number of rotatable bonds is 1. The molecule has 0 aliphatic heterocycles. The highest BCUT2D eigenvalue weighted by Crippen LogP contribution is 1.97. The minimum atomic E-state index is 0. The van der Waals surface area contributed by atoms with Gasteiger partial charge >= 0.3 is 0 Å². The van der Waals surface area contributed by atoms with Crippen LogP contribution in [0.2, 0.25) is 0 Å². The van der Waals surface area contributed by atoms with Gasteiger partial charge in [-0.25, -0.2) is 0 Å². The predicted molar refractivity (Wildman–Crippen MR) is 26.5 cm³/mol. The van der Waals surface area contributed by atoms with E-state index in [2.05, 4.69) is 13.2 Å². The van der Waals surface area contributed by atoms with Crippen LogP contribution >= 0.6 is 8.58 Å². The summed E-state index contributed by atoms with van der Waals surface area (Å²) in [5, 5.41) is 0. The Morgan fingerprint density at radius 2 is 2.50 bits per heavy atom. The summed E-state index contributed by atoms with van der Waals surface area (Å²) in [6.45, 7) is 5.58. The van der Waals surface area contributed by atoms with Crippen LogP contribution in [0, 0.1) is 0 Å². The Hall–Kier alpha value is 0.170. The van der Waals surface area contributed by atoms with Gasteiger partial charge in [-0.2, -0.15) is 0 Å². The fourth-order valence-corrected chi connectivity index (χ4v) is 0. The average Bonchev–Trinajstić information content (AvgIpc) is 1.37. The second-order valence-electron chi connectivity index (χ2n) is 0.493. The third kappa shape index (κ3) is 2.17. The lowest BCUT2D eigenvalue weighted by molar-refractivity contribution is 2.41. The van der Waals surface area contributed by atoms with Crippen LogP contribution in [0.4, 0.5) is 0 Å². The molecule has 1 atom stereocenters. The van der Waals surface area contributed by atoms with Gasteiger partial charge in [0.1, 0.15) is 0 Å². The first-order chi connectivity index (χ1) is 1.91. The molecule has 0 spiro atoms. The SMILES string of the molecule is C=CPC.[HH]. The molecule has 0 saturated carbocycles. The summed E-state index contributed by atoms with van der Waals surface area (Å²) in [5.41, 5.74) is 0. The first-order valence-corrected chi connectivity index (χ1v) is 2.77. The molecular weight excluding hydrogens is 67.0 g/mol. The molecule has 0 N–H and O–H groups in total. The van der Waals surface area contributed by atoms with Gasteiger partial charge in [0.2, 0.25) is 0 Å². The second kappa shape index (κ2) is 3.17. The average molecular weight is 76.1 g/mol. The van der Waals surface area contributed by atoms with Crippen LogP contribution in [0.3, 0.4) is 0 Å². The van der Waals surface area contributed by atoms with Gasteiger partial charge in [0, 0.05) is 1.43 Å². The van der Waals surface area contributed by atoms with Gasteiger partial charge < -0.3 is 0 Å². The molecule has 1 unspecified atom stereocenters. The molecule has 0 aromatic carbocycles. The Morgan fingerprint density at radius 1 is 2.25 bits per heavy atom. The maximum absolute atomic E-state index is 3.49. The van der Waals surface area contributed by atoms with E-state index in [4.69, 9.17) is 0 Å². The Balaban J connectivity index is 0. The van der Waals surface area contributed by atoms with Crippen molar-refractivity contribution in [3.05, 3.63) is 12.4 Å². The van der Waals surface area contributed by atoms with Crippen molar-refractivity contribution in [3.63, 3.8) is 0 Å². The smallest absolute Gasteiger partial charge is 0 e. The molecule has 26 valence electrons. The minimum Gasteiger partial charge on any atom is -0.102 e. The van der Waals surface area contributed by atoms with E-state index in [1.165, 1.54) is 0 Å². The van der Waals surface area contributed by atoms with Gasteiger partial charge in [-0.1, -0.05) is 12.4 Å². The first kappa shape index (κ1) is 4.17. The highest BCUT2D eigenvalue weighted by atomic mass is 31.1. The van der Waals surface area contributed by atoms with Crippen molar-refractivity contribution in [2.45, 2.75) is 0 Å². The lowest BCUT2D eigenvalue weighted by Crippen LogP contribution is -1.19. The lowest BCUT2D eigenvalue weighted by Gasteiger charge is -1.59. The fourth-order valence-electron chi connectivity index (χ4n) is 0. The van der Waals surface area contributed by atoms with E-state index in [0.29, 0.717) is 0 Å². The van der Waals surface area contributed by atoms with Crippen molar-refractivity contribution in [2.75, 3.05) is 6.66 Å². The predicted octanol–water partition coefficient (Wildman–Crippen LogP) is 1.68. The van der Waals surface area contributed by atoms with Crippen molar-refractivity contribution < 1.29 is 1.43 Å². The summed E-state index contributed by atoms with van der Waals surface area (Å²) >= 11 is 0. The molecule has 0 heterocycles. The Morgan fingerprint density at radius 3 is 2.50 bits per heavy atom. The highest BCUT2D eigenvalue weighted by molar-refractivity contribution is 7.40. The van der Waals surface area contributed by atoms with Crippen molar-refractivity contribution in [3.8, 4) is 0 Å². The van der Waals surface area contributed by atoms with Crippen molar-refractivity contribution in [1.29, 1.82) is 0 Å². The zero-order valence-electron chi connectivity index (χ0n) is 2.78. The van der Waals surface area contributed by atoms with Crippen LogP contribution < -0.4 is 0 Å². The maximum Gasteiger partial charge on any atom is 0 e. The molecule has 0 aromatic heterocycles. The summed E-state index contributed by atoms with van der Waals surface area (Å²) in [5.74, 6) is 1.90. The zero-order valence-corrected chi connectivity index (χ0v) is 3.78. The molecule has 0 aromatic rings. The molecule has 0 rings (SSSR count). The van der Waals surface area contributed by atoms with Crippen LogP contribution in [0.15, 0.2) is 12.4 Å². The van der Waals surface area contributed by atoms with Crippen molar-refractivity contribution in [1.82, 2.24) is 0 Å². The molecule has 0 saturated heterocycles. The third-order valence-electron chi connectivity index (χ3n) is 0.204. The van der Waals surface area contributed by atoms with E-state index < -0.39 is 0 Å². The topological polar surface area (TPSA) is 0 Å². The monoisotopic (exact) mass is 76.0 g/mol. The van der Waals surface area contributed by atoms with Gasteiger partial charge in [0.15, 0.2) is 0 Å². The summed E-state index contributed by atoms with van der Waals surface area (Å²) in [6, 6.07) is 0. The maximum atomic E-state index is 3.49. The molecule has 0 aliphatic carbocycles. The minimum absolute atomic E-state index is 0. The fraction of sp³-hybridized carbons (Fsp3) is 0.333. The van der Waals surface area contributed by atoms with Crippen molar-refractivity contribution >= 4 is 8.58 Å². The van der Waals surface area contributed by atoms with Gasteiger partial charge in [-0.15, -0.1) is 8.58 Å². The third-order valence-corrected chi connectivity index (χ3v) is 0.612. The molecule has 1 heteroatoms. The summed E-state index contributed by atoms with van der Waals surface area (Å²) < 4.78 is 0. The van der Waals surface area contributed by atoms with Crippen LogP contribution in [0.25, 0.3) is 0 Å². The molecule has 0 amide bonds. The van der Waals surface area contributed by atoms with Crippen LogP contribution in [-0.4, -0.2) is 6.66 Å². The number of hydrogen-bond donors (Lipinski definition) is 0. The van der Waals surface area contributed by atoms with Gasteiger partial charge in [-0.3, -0.25) is 0 Å². The molecular formula is C3H9P. The van der Waals surface area contributed by atoms with Gasteiger partial charge in [-0.05, 0) is 6.66 Å². The standard InChI is InChI=1S/C3H7P.H2/c1-3-4-2;/h3-4H,1H2,2H3;1H. The largest absolute Gasteiger partial charge is 0.102 e. The molecule has 4 heavy (non-hydrogen) atoms. The Labute approximate surface area is 30.2 Å². The van der Waals surface area contributed by atoms with Gasteiger partial charge in [0.25, 0.3) is 0 Å². The van der Waals surface area contributed by atoms with Crippen LogP contribution in [0.5, 0.6) is 0 Å².